The highest BCUT2D eigenvalue weighted by Crippen LogP contribution is 2.77. The van der Waals surface area contributed by atoms with E-state index in [4.69, 9.17) is 12.9 Å². The normalized spacial score (nSPS) is 19.6. The summed E-state index contributed by atoms with van der Waals surface area (Å²) in [7, 11) is -17.7. The van der Waals surface area contributed by atoms with Crippen molar-refractivity contribution in [1.82, 2.24) is 4.90 Å². The van der Waals surface area contributed by atoms with E-state index in [0.29, 0.717) is 24.0 Å². The zero-order valence-corrected chi connectivity index (χ0v) is 28.7. The fourth-order valence-corrected chi connectivity index (χ4v) is 17.9. The zero-order valence-electron chi connectivity index (χ0n) is 23.9. The van der Waals surface area contributed by atoms with Crippen molar-refractivity contribution < 1.29 is 41.4 Å². The number of nitrogens with zero attached hydrogens (tertiary/aromatic N) is 1. The average Bonchev–Trinajstić information content (AvgIpc) is 2.93. The topological polar surface area (TPSA) is 140 Å². The molecule has 2 rings (SSSR count). The summed E-state index contributed by atoms with van der Waals surface area (Å²) in [6.45, 7) is 15.8. The summed E-state index contributed by atoms with van der Waals surface area (Å²) < 4.78 is 45.4. The Balaban J connectivity index is 2.30. The van der Waals surface area contributed by atoms with Gasteiger partial charge in [-0.2, -0.15) is 0 Å². The number of carbonyl (C=O) groups is 2. The van der Waals surface area contributed by atoms with E-state index in [1.807, 2.05) is 0 Å². The summed E-state index contributed by atoms with van der Waals surface area (Å²) in [6.07, 6.45) is 0.774. The summed E-state index contributed by atoms with van der Waals surface area (Å²) in [5.41, 5.74) is 0.740. The molecule has 0 fully saturated rings. The molecule has 1 heterocycles. The van der Waals surface area contributed by atoms with Gasteiger partial charge in [-0.3, -0.25) is 23.6 Å². The Morgan fingerprint density at radius 1 is 0.737 bits per heavy atom. The average molecular weight is 624 g/mol. The minimum atomic E-state index is -4.85. The quantitative estimate of drug-likeness (QED) is 0.104. The third kappa shape index (κ3) is 8.16. The van der Waals surface area contributed by atoms with Crippen molar-refractivity contribution in [2.24, 2.45) is 0 Å². The molecule has 0 saturated heterocycles. The fourth-order valence-electron chi connectivity index (χ4n) is 4.23. The van der Waals surface area contributed by atoms with Crippen LogP contribution >= 0.6 is 15.2 Å². The van der Waals surface area contributed by atoms with Gasteiger partial charge in [0, 0.05) is 6.54 Å². The molecule has 0 aliphatic carbocycles. The molecular formula is C23H43NO9P2Si3. The summed E-state index contributed by atoms with van der Waals surface area (Å²) in [5, 5.41) is -2.44. The second kappa shape index (κ2) is 11.6. The van der Waals surface area contributed by atoms with Gasteiger partial charge in [0.05, 0.1) is 11.1 Å². The van der Waals surface area contributed by atoms with Crippen LogP contribution in [-0.4, -0.2) is 63.1 Å². The van der Waals surface area contributed by atoms with Crippen LogP contribution in [0.3, 0.4) is 0 Å². The van der Waals surface area contributed by atoms with E-state index in [1.165, 1.54) is 4.90 Å². The van der Waals surface area contributed by atoms with Gasteiger partial charge >= 0.3 is 15.2 Å². The van der Waals surface area contributed by atoms with Crippen LogP contribution in [0, 0.1) is 0 Å². The highest BCUT2D eigenvalue weighted by atomic mass is 31.2. The first-order valence-corrected chi connectivity index (χ1v) is 26.1. The van der Waals surface area contributed by atoms with Gasteiger partial charge in [0.2, 0.25) is 0 Å². The van der Waals surface area contributed by atoms with Crippen molar-refractivity contribution in [2.45, 2.75) is 89.7 Å². The Kier molecular flexibility index (Phi) is 10.3. The van der Waals surface area contributed by atoms with Crippen LogP contribution in [0.2, 0.25) is 58.9 Å². The lowest BCUT2D eigenvalue weighted by atomic mass is 10.1. The van der Waals surface area contributed by atoms with E-state index in [1.54, 1.807) is 83.2 Å². The van der Waals surface area contributed by atoms with Crippen molar-refractivity contribution in [3.8, 4) is 0 Å². The number of benzene rings is 1. The first-order valence-electron chi connectivity index (χ1n) is 12.7. The monoisotopic (exact) mass is 623 g/mol. The van der Waals surface area contributed by atoms with E-state index in [9.17, 15) is 28.5 Å². The number of rotatable bonds is 14. The number of unbranched alkanes of at least 4 members (excludes halogenated alkanes) is 2. The Hall–Kier alpha value is -0.729. The molecule has 0 bridgehead atoms. The smallest absolute Gasteiger partial charge is 0.361 e. The number of carbonyl (C=O) groups excluding carboxylic acids is 2. The Bertz CT molecular complexity index is 1070. The van der Waals surface area contributed by atoms with E-state index in [0.717, 1.165) is 0 Å². The minimum absolute atomic E-state index is 0.165. The lowest BCUT2D eigenvalue weighted by molar-refractivity contribution is 0.0651. The van der Waals surface area contributed by atoms with Crippen molar-refractivity contribution in [2.75, 3.05) is 6.54 Å². The number of imide groups is 1. The maximum Gasteiger partial charge on any atom is 0.361 e. The third-order valence-electron chi connectivity index (χ3n) is 5.41. The fraction of sp³-hybridized carbons (Fsp3) is 0.652. The summed E-state index contributed by atoms with van der Waals surface area (Å²) in [6, 6.07) is 6.65. The van der Waals surface area contributed by atoms with Gasteiger partial charge in [0.1, 0.15) is 0 Å². The molecule has 2 atom stereocenters. The summed E-state index contributed by atoms with van der Waals surface area (Å²) >= 11 is 0. The molecule has 38 heavy (non-hydrogen) atoms. The van der Waals surface area contributed by atoms with Gasteiger partial charge in [-0.25, -0.2) is 0 Å². The zero-order chi connectivity index (χ0) is 29.4. The van der Waals surface area contributed by atoms with Gasteiger partial charge in [0.25, 0.3) is 16.9 Å². The number of amides is 2. The molecule has 1 aliphatic rings. The Morgan fingerprint density at radius 2 is 1.16 bits per heavy atom. The predicted molar refractivity (Wildman–Crippen MR) is 156 cm³/mol. The second-order valence-electron chi connectivity index (χ2n) is 12.5. The molecule has 2 unspecified atom stereocenters. The van der Waals surface area contributed by atoms with Gasteiger partial charge in [0.15, 0.2) is 25.0 Å². The van der Waals surface area contributed by atoms with Crippen LogP contribution in [0.1, 0.15) is 46.4 Å². The molecule has 1 aliphatic heterocycles. The van der Waals surface area contributed by atoms with Crippen LogP contribution < -0.4 is 0 Å². The molecule has 2 amide bonds. The van der Waals surface area contributed by atoms with Crippen LogP contribution in [-0.2, 0) is 22.0 Å². The molecule has 0 aromatic heterocycles. The first kappa shape index (κ1) is 33.5. The number of hydrogen-bond donors (Lipinski definition) is 2. The summed E-state index contributed by atoms with van der Waals surface area (Å²) in [4.78, 5) is 49.1. The second-order valence-corrected chi connectivity index (χ2v) is 30.7. The Morgan fingerprint density at radius 3 is 1.53 bits per heavy atom. The molecule has 0 spiro atoms. The Labute approximate surface area is 229 Å². The van der Waals surface area contributed by atoms with E-state index < -0.39 is 45.2 Å². The molecule has 1 aromatic carbocycles. The van der Waals surface area contributed by atoms with Crippen LogP contribution in [0.5, 0.6) is 0 Å². The first-order chi connectivity index (χ1) is 17.0. The van der Waals surface area contributed by atoms with Crippen LogP contribution in [0.4, 0.5) is 0 Å². The number of fused-ring (bicyclic) bond motifs is 1. The maximum atomic E-state index is 13.9. The van der Waals surface area contributed by atoms with Gasteiger partial charge in [-0.1, -0.05) is 18.6 Å². The lowest BCUT2D eigenvalue weighted by Crippen LogP contribution is -2.46. The molecule has 2 N–H and O–H groups in total. The van der Waals surface area contributed by atoms with Crippen molar-refractivity contribution in [3.05, 3.63) is 35.4 Å². The molecule has 0 saturated carbocycles. The van der Waals surface area contributed by atoms with Gasteiger partial charge < -0.3 is 22.6 Å². The molecule has 10 nitrogen and oxygen atoms in total. The number of hydrogen-bond acceptors (Lipinski definition) is 7. The molecular weight excluding hydrogens is 580 g/mol. The third-order valence-corrected chi connectivity index (χ3v) is 17.0. The standard InChI is InChI=1S/C23H43NO9P2Si3/c1-36(2,3)31-23(34(27,28)32-37(4,5)6,35(29,30)33-38(7,8)9)17-13-10-14-18-24-21(25)19-15-11-12-16-20(19)22(24)26/h11-12,15-16H,10,13-14,17-18H2,1-9H3,(H,27,28)(H,29,30). The van der Waals surface area contributed by atoms with Crippen molar-refractivity contribution in [1.29, 1.82) is 0 Å². The maximum absolute atomic E-state index is 13.9. The predicted octanol–water partition coefficient (Wildman–Crippen LogP) is 6.42. The van der Waals surface area contributed by atoms with E-state index in [2.05, 4.69) is 0 Å². The van der Waals surface area contributed by atoms with Gasteiger partial charge in [-0.15, -0.1) is 0 Å². The molecule has 15 heteroatoms. The van der Waals surface area contributed by atoms with Crippen molar-refractivity contribution >= 4 is 52.0 Å². The SMILES string of the molecule is C[Si](C)(C)OC(CCCCCN1C(=O)c2ccccc2C1=O)(P(=O)(O)O[Si](C)(C)C)P(=O)(O)O[Si](C)(C)C. The van der Waals surface area contributed by atoms with Crippen LogP contribution in [0.15, 0.2) is 24.3 Å². The highest BCUT2D eigenvalue weighted by Gasteiger charge is 2.66. The molecule has 0 radical (unpaired) electrons. The van der Waals surface area contributed by atoms with E-state index in [-0.39, 0.29) is 31.2 Å². The molecule has 1 aromatic rings. The highest BCUT2D eigenvalue weighted by molar-refractivity contribution is 7.74. The lowest BCUT2D eigenvalue weighted by Gasteiger charge is -2.45. The summed E-state index contributed by atoms with van der Waals surface area (Å²) in [5.74, 6) is -0.706. The minimum Gasteiger partial charge on any atom is -0.393 e. The van der Waals surface area contributed by atoms with Crippen molar-refractivity contribution in [3.63, 3.8) is 0 Å². The van der Waals surface area contributed by atoms with Crippen LogP contribution in [0.25, 0.3) is 0 Å². The van der Waals surface area contributed by atoms with E-state index >= 15 is 0 Å². The molecule has 216 valence electrons. The van der Waals surface area contributed by atoms with Gasteiger partial charge in [-0.05, 0) is 90.3 Å². The largest absolute Gasteiger partial charge is 0.393 e.